The maximum absolute atomic E-state index is 12.2. The van der Waals surface area contributed by atoms with Crippen LogP contribution in [0.5, 0.6) is 5.88 Å². The van der Waals surface area contributed by atoms with Crippen molar-refractivity contribution in [1.82, 2.24) is 15.1 Å². The molecule has 0 aromatic carbocycles. The summed E-state index contributed by atoms with van der Waals surface area (Å²) in [6.45, 7) is 2.90. The Morgan fingerprint density at radius 1 is 1.36 bits per heavy atom. The molecule has 1 amide bonds. The molecule has 0 saturated carbocycles. The predicted molar refractivity (Wildman–Crippen MR) is 91.5 cm³/mol. The molecule has 3 aromatic heterocycles. The van der Waals surface area contributed by atoms with E-state index in [1.165, 1.54) is 23.8 Å². The minimum Gasteiger partial charge on any atom is -0.479 e. The number of morpholine rings is 1. The molecule has 1 aliphatic heterocycles. The molecule has 1 fully saturated rings. The highest BCUT2D eigenvalue weighted by Gasteiger charge is 2.21. The Bertz CT molecular complexity index is 889. The highest BCUT2D eigenvalue weighted by Crippen LogP contribution is 2.38. The Balaban J connectivity index is 1.70. The summed E-state index contributed by atoms with van der Waals surface area (Å²) in [6.07, 6.45) is 4.41. The molecule has 10 heteroatoms. The fourth-order valence-corrected chi connectivity index (χ4v) is 3.59. The second-order valence-corrected chi connectivity index (χ2v) is 6.32. The first-order chi connectivity index (χ1) is 12.3. The Morgan fingerprint density at radius 2 is 2.20 bits per heavy atom. The molecule has 1 saturated heterocycles. The van der Waals surface area contributed by atoms with Gasteiger partial charge in [-0.3, -0.25) is 10.1 Å². The van der Waals surface area contributed by atoms with Gasteiger partial charge in [0.15, 0.2) is 5.13 Å². The molecule has 4 rings (SSSR count). The summed E-state index contributed by atoms with van der Waals surface area (Å²) in [6, 6.07) is 0. The van der Waals surface area contributed by atoms with Crippen LogP contribution in [0.25, 0.3) is 10.2 Å². The number of aromatic nitrogens is 3. The third-order valence-electron chi connectivity index (χ3n) is 3.83. The number of ether oxygens (including phenoxy) is 2. The highest BCUT2D eigenvalue weighted by molar-refractivity contribution is 7.23. The monoisotopic (exact) mass is 361 g/mol. The van der Waals surface area contributed by atoms with E-state index in [0.717, 1.165) is 23.5 Å². The van der Waals surface area contributed by atoms with E-state index in [0.29, 0.717) is 35.3 Å². The van der Waals surface area contributed by atoms with Crippen molar-refractivity contribution in [1.29, 1.82) is 0 Å². The van der Waals surface area contributed by atoms with Crippen LogP contribution in [0.2, 0.25) is 0 Å². The van der Waals surface area contributed by atoms with Gasteiger partial charge in [0, 0.05) is 13.1 Å². The van der Waals surface area contributed by atoms with Crippen LogP contribution in [0, 0.1) is 0 Å². The molecule has 0 spiro atoms. The van der Waals surface area contributed by atoms with Crippen molar-refractivity contribution in [3.8, 4) is 5.88 Å². The number of nitrogens with one attached hydrogen (secondary N) is 1. The molecular formula is C15H15N5O4S. The molecule has 4 heterocycles. The average Bonchev–Trinajstić information content (AvgIpc) is 3.31. The van der Waals surface area contributed by atoms with Crippen molar-refractivity contribution in [3.05, 3.63) is 24.2 Å². The molecular weight excluding hydrogens is 346 g/mol. The minimum atomic E-state index is -0.333. The van der Waals surface area contributed by atoms with E-state index in [-0.39, 0.29) is 5.91 Å². The van der Waals surface area contributed by atoms with Crippen molar-refractivity contribution in [2.24, 2.45) is 0 Å². The maximum Gasteiger partial charge on any atom is 0.262 e. The van der Waals surface area contributed by atoms with Crippen LogP contribution in [0.15, 0.2) is 23.2 Å². The van der Waals surface area contributed by atoms with Crippen LogP contribution in [0.3, 0.4) is 0 Å². The summed E-state index contributed by atoms with van der Waals surface area (Å²) < 4.78 is 16.3. The van der Waals surface area contributed by atoms with E-state index in [2.05, 4.69) is 25.3 Å². The number of pyridine rings is 1. The SMILES string of the molecule is COc1ncc(N2CCOCC2)c2sc(NC(=O)c3cnoc3)nc12. The van der Waals surface area contributed by atoms with Gasteiger partial charge in [0.05, 0.1) is 48.7 Å². The molecule has 1 N–H and O–H groups in total. The van der Waals surface area contributed by atoms with Gasteiger partial charge < -0.3 is 18.9 Å². The van der Waals surface area contributed by atoms with Crippen molar-refractivity contribution >= 4 is 38.3 Å². The van der Waals surface area contributed by atoms with E-state index in [1.54, 1.807) is 13.3 Å². The Hall–Kier alpha value is -2.72. The number of thiazole rings is 1. The van der Waals surface area contributed by atoms with Gasteiger partial charge in [0.2, 0.25) is 5.88 Å². The van der Waals surface area contributed by atoms with Gasteiger partial charge in [-0.1, -0.05) is 16.5 Å². The molecule has 0 aliphatic carbocycles. The smallest absolute Gasteiger partial charge is 0.262 e. The predicted octanol–water partition coefficient (Wildman–Crippen LogP) is 1.78. The Labute approximate surface area is 146 Å². The zero-order valence-electron chi connectivity index (χ0n) is 13.4. The van der Waals surface area contributed by atoms with Gasteiger partial charge in [-0.2, -0.15) is 0 Å². The second-order valence-electron chi connectivity index (χ2n) is 5.32. The third-order valence-corrected chi connectivity index (χ3v) is 4.82. The molecule has 25 heavy (non-hydrogen) atoms. The summed E-state index contributed by atoms with van der Waals surface area (Å²) in [5.41, 5.74) is 1.91. The van der Waals surface area contributed by atoms with Gasteiger partial charge in [-0.15, -0.1) is 0 Å². The van der Waals surface area contributed by atoms with Gasteiger partial charge in [-0.25, -0.2) is 9.97 Å². The summed E-state index contributed by atoms with van der Waals surface area (Å²) in [5.74, 6) is 0.0916. The van der Waals surface area contributed by atoms with E-state index in [4.69, 9.17) is 14.0 Å². The van der Waals surface area contributed by atoms with Crippen LogP contribution >= 0.6 is 11.3 Å². The third kappa shape index (κ3) is 3.01. The number of nitrogens with zero attached hydrogens (tertiary/aromatic N) is 4. The molecule has 3 aromatic rings. The lowest BCUT2D eigenvalue weighted by atomic mass is 10.3. The second kappa shape index (κ2) is 6.65. The quantitative estimate of drug-likeness (QED) is 0.750. The summed E-state index contributed by atoms with van der Waals surface area (Å²) in [4.78, 5) is 23.2. The van der Waals surface area contributed by atoms with Gasteiger partial charge >= 0.3 is 0 Å². The van der Waals surface area contributed by atoms with Crippen molar-refractivity contribution in [2.75, 3.05) is 43.6 Å². The van der Waals surface area contributed by atoms with E-state index >= 15 is 0 Å². The van der Waals surface area contributed by atoms with Crippen LogP contribution in [-0.2, 0) is 4.74 Å². The topological polar surface area (TPSA) is 103 Å². The van der Waals surface area contributed by atoms with Crippen LogP contribution in [0.1, 0.15) is 10.4 Å². The van der Waals surface area contributed by atoms with Crippen molar-refractivity contribution < 1.29 is 18.8 Å². The molecule has 1 aliphatic rings. The lowest BCUT2D eigenvalue weighted by molar-refractivity contribution is 0.102. The first kappa shape index (κ1) is 15.8. The lowest BCUT2D eigenvalue weighted by Gasteiger charge is -2.28. The number of rotatable bonds is 4. The summed E-state index contributed by atoms with van der Waals surface area (Å²) >= 11 is 1.38. The first-order valence-corrected chi connectivity index (χ1v) is 8.45. The standard InChI is InChI=1S/C15H15N5O4S/c1-22-14-11-12(10(7-16-14)20-2-4-23-5-3-20)25-15(18-11)19-13(21)9-6-17-24-8-9/h6-8H,2-5H2,1H3,(H,18,19,21). The lowest BCUT2D eigenvalue weighted by Crippen LogP contribution is -2.36. The average molecular weight is 361 g/mol. The molecule has 0 atom stereocenters. The zero-order valence-corrected chi connectivity index (χ0v) is 14.2. The van der Waals surface area contributed by atoms with E-state index < -0.39 is 0 Å². The first-order valence-electron chi connectivity index (χ1n) is 7.63. The Morgan fingerprint density at radius 3 is 2.92 bits per heavy atom. The molecule has 9 nitrogen and oxygen atoms in total. The van der Waals surface area contributed by atoms with Crippen LogP contribution in [0.4, 0.5) is 10.8 Å². The molecule has 0 bridgehead atoms. The number of carbonyl (C=O) groups excluding carboxylic acids is 1. The molecule has 130 valence electrons. The number of hydrogen-bond donors (Lipinski definition) is 1. The summed E-state index contributed by atoms with van der Waals surface area (Å²) in [7, 11) is 1.55. The number of amides is 1. The van der Waals surface area contributed by atoms with Crippen molar-refractivity contribution in [2.45, 2.75) is 0 Å². The largest absolute Gasteiger partial charge is 0.479 e. The van der Waals surface area contributed by atoms with Crippen molar-refractivity contribution in [3.63, 3.8) is 0 Å². The van der Waals surface area contributed by atoms with E-state index in [9.17, 15) is 4.79 Å². The molecule has 0 radical (unpaired) electrons. The normalized spacial score (nSPS) is 14.7. The van der Waals surface area contributed by atoms with Crippen LogP contribution < -0.4 is 15.0 Å². The van der Waals surface area contributed by atoms with Gasteiger partial charge in [0.25, 0.3) is 5.91 Å². The van der Waals surface area contributed by atoms with Crippen LogP contribution in [-0.4, -0.2) is 54.4 Å². The fraction of sp³-hybridized carbons (Fsp3) is 0.333. The Kier molecular flexibility index (Phi) is 4.20. The number of carbonyl (C=O) groups is 1. The fourth-order valence-electron chi connectivity index (χ4n) is 2.60. The zero-order chi connectivity index (χ0) is 17.2. The number of anilines is 2. The number of methoxy groups -OCH3 is 1. The number of hydrogen-bond acceptors (Lipinski definition) is 9. The van der Waals surface area contributed by atoms with Gasteiger partial charge in [-0.05, 0) is 0 Å². The van der Waals surface area contributed by atoms with E-state index in [1.807, 2.05) is 0 Å². The van der Waals surface area contributed by atoms with Gasteiger partial charge in [0.1, 0.15) is 11.8 Å². The highest BCUT2D eigenvalue weighted by atomic mass is 32.1. The molecule has 0 unspecified atom stereocenters. The number of fused-ring (bicyclic) bond motifs is 1. The maximum atomic E-state index is 12.2. The minimum absolute atomic E-state index is 0.331. The summed E-state index contributed by atoms with van der Waals surface area (Å²) in [5, 5.41) is 6.75.